The standard InChI is InChI=1S/C24H16F2N2O5S3/c25-17-3-1-12(8-18(17)26)13-7-15(35-11-13)10-20-22(31)28(24(34)36-20)6-5-21(30)27-14-2-4-19(29)16(9-14)23(32)33/h1-4,7-11,29H,5-6H2,(H,27,30)(H,32,33)/b20-10-. The van der Waals surface area contributed by atoms with Crippen LogP contribution < -0.4 is 5.32 Å². The number of halogens is 2. The molecule has 1 aliphatic heterocycles. The molecule has 0 atom stereocenters. The van der Waals surface area contributed by atoms with E-state index < -0.39 is 29.3 Å². The van der Waals surface area contributed by atoms with Gasteiger partial charge < -0.3 is 15.5 Å². The molecule has 2 heterocycles. The molecule has 1 fully saturated rings. The SMILES string of the molecule is O=C(CCN1C(=O)/C(=C/c2cc(-c3ccc(F)c(F)c3)cs2)SC1=S)Nc1ccc(O)c(C(=O)O)c1. The van der Waals surface area contributed by atoms with Gasteiger partial charge in [0.2, 0.25) is 5.91 Å². The molecule has 7 nitrogen and oxygen atoms in total. The number of thiophene rings is 1. The van der Waals surface area contributed by atoms with Gasteiger partial charge in [-0.1, -0.05) is 30.0 Å². The smallest absolute Gasteiger partial charge is 0.339 e. The first-order valence-corrected chi connectivity index (χ1v) is 12.4. The Balaban J connectivity index is 1.39. The Hall–Kier alpha value is -3.61. The summed E-state index contributed by atoms with van der Waals surface area (Å²) in [4.78, 5) is 38.7. The second-order valence-corrected chi connectivity index (χ2v) is 10.2. The molecule has 0 aliphatic carbocycles. The first-order valence-electron chi connectivity index (χ1n) is 10.3. The van der Waals surface area contributed by atoms with Gasteiger partial charge >= 0.3 is 5.97 Å². The summed E-state index contributed by atoms with van der Waals surface area (Å²) in [5, 5.41) is 22.9. The van der Waals surface area contributed by atoms with Gasteiger partial charge in [0.15, 0.2) is 11.6 Å². The van der Waals surface area contributed by atoms with Crippen molar-refractivity contribution < 1.29 is 33.4 Å². The Morgan fingerprint density at radius 2 is 1.86 bits per heavy atom. The third-order valence-corrected chi connectivity index (χ3v) is 7.35. The number of hydrogen-bond donors (Lipinski definition) is 3. The summed E-state index contributed by atoms with van der Waals surface area (Å²) in [7, 11) is 0. The van der Waals surface area contributed by atoms with Crippen molar-refractivity contribution in [2.45, 2.75) is 6.42 Å². The lowest BCUT2D eigenvalue weighted by molar-refractivity contribution is -0.122. The van der Waals surface area contributed by atoms with Crippen LogP contribution in [0.3, 0.4) is 0 Å². The summed E-state index contributed by atoms with van der Waals surface area (Å²) in [5.41, 5.74) is 1.02. The molecule has 2 aromatic carbocycles. The number of benzene rings is 2. The number of carbonyl (C=O) groups excluding carboxylic acids is 2. The van der Waals surface area contributed by atoms with E-state index >= 15 is 0 Å². The number of aromatic hydroxyl groups is 1. The van der Waals surface area contributed by atoms with Gasteiger partial charge in [0, 0.05) is 23.5 Å². The van der Waals surface area contributed by atoms with Crippen molar-refractivity contribution >= 4 is 69.2 Å². The molecule has 36 heavy (non-hydrogen) atoms. The lowest BCUT2D eigenvalue weighted by atomic mass is 10.1. The fraction of sp³-hybridized carbons (Fsp3) is 0.0833. The Bertz CT molecular complexity index is 1440. The van der Waals surface area contributed by atoms with Gasteiger partial charge in [0.1, 0.15) is 15.6 Å². The predicted octanol–water partition coefficient (Wildman–Crippen LogP) is 5.33. The van der Waals surface area contributed by atoms with Crippen LogP contribution in [0, 0.1) is 11.6 Å². The van der Waals surface area contributed by atoms with Gasteiger partial charge in [-0.25, -0.2) is 13.6 Å². The van der Waals surface area contributed by atoms with Crippen molar-refractivity contribution in [2.75, 3.05) is 11.9 Å². The van der Waals surface area contributed by atoms with Crippen molar-refractivity contribution in [1.82, 2.24) is 4.90 Å². The van der Waals surface area contributed by atoms with Gasteiger partial charge in [-0.2, -0.15) is 0 Å². The molecule has 1 aliphatic rings. The number of nitrogens with one attached hydrogen (secondary N) is 1. The Morgan fingerprint density at radius 1 is 1.08 bits per heavy atom. The lowest BCUT2D eigenvalue weighted by Gasteiger charge is -2.14. The quantitative estimate of drug-likeness (QED) is 0.209. The lowest BCUT2D eigenvalue weighted by Crippen LogP contribution is -2.31. The van der Waals surface area contributed by atoms with Crippen LogP contribution in [0.15, 0.2) is 52.7 Å². The molecule has 3 aromatic rings. The summed E-state index contributed by atoms with van der Waals surface area (Å²) in [6.45, 7) is 0.0161. The first-order chi connectivity index (χ1) is 17.1. The number of anilines is 1. The highest BCUT2D eigenvalue weighted by Gasteiger charge is 2.32. The number of hydrogen-bond acceptors (Lipinski definition) is 7. The zero-order valence-corrected chi connectivity index (χ0v) is 20.6. The van der Waals surface area contributed by atoms with E-state index in [0.29, 0.717) is 16.0 Å². The minimum Gasteiger partial charge on any atom is -0.507 e. The number of rotatable bonds is 7. The maximum absolute atomic E-state index is 13.5. The molecule has 0 unspecified atom stereocenters. The number of aromatic carboxylic acids is 1. The van der Waals surface area contributed by atoms with Gasteiger partial charge in [-0.3, -0.25) is 14.5 Å². The van der Waals surface area contributed by atoms with Gasteiger partial charge in [0.25, 0.3) is 5.91 Å². The van der Waals surface area contributed by atoms with E-state index in [1.807, 2.05) is 0 Å². The molecule has 12 heteroatoms. The minimum atomic E-state index is -1.34. The van der Waals surface area contributed by atoms with E-state index in [1.165, 1.54) is 28.4 Å². The summed E-state index contributed by atoms with van der Waals surface area (Å²) in [5.74, 6) is -4.47. The molecule has 4 rings (SSSR count). The number of carboxylic acids is 1. The minimum absolute atomic E-state index is 0.0161. The summed E-state index contributed by atoms with van der Waals surface area (Å²) in [6, 6.07) is 9.03. The van der Waals surface area contributed by atoms with Crippen LogP contribution in [0.1, 0.15) is 21.7 Å². The second kappa shape index (κ2) is 10.6. The maximum atomic E-state index is 13.5. The summed E-state index contributed by atoms with van der Waals surface area (Å²) >= 11 is 7.71. The zero-order chi connectivity index (χ0) is 26.0. The van der Waals surface area contributed by atoms with Crippen LogP contribution in [-0.2, 0) is 9.59 Å². The topological polar surface area (TPSA) is 107 Å². The molecule has 0 radical (unpaired) electrons. The predicted molar refractivity (Wildman–Crippen MR) is 138 cm³/mol. The summed E-state index contributed by atoms with van der Waals surface area (Å²) in [6.07, 6.45) is 1.56. The molecular weight excluding hydrogens is 530 g/mol. The van der Waals surface area contributed by atoms with E-state index in [2.05, 4.69) is 5.32 Å². The number of thiocarbonyl (C=S) groups is 1. The van der Waals surface area contributed by atoms with Crippen LogP contribution in [0.4, 0.5) is 14.5 Å². The second-order valence-electron chi connectivity index (χ2n) is 7.54. The Labute approximate surface area is 217 Å². The average molecular weight is 547 g/mol. The van der Waals surface area contributed by atoms with Crippen LogP contribution >= 0.6 is 35.3 Å². The van der Waals surface area contributed by atoms with E-state index in [9.17, 15) is 28.3 Å². The highest BCUT2D eigenvalue weighted by atomic mass is 32.2. The molecule has 184 valence electrons. The number of thioether (sulfide) groups is 1. The van der Waals surface area contributed by atoms with Crippen LogP contribution in [0.5, 0.6) is 5.75 Å². The van der Waals surface area contributed by atoms with Crippen molar-refractivity contribution in [3.63, 3.8) is 0 Å². The van der Waals surface area contributed by atoms with E-state index in [4.69, 9.17) is 17.3 Å². The Morgan fingerprint density at radius 3 is 2.58 bits per heavy atom. The number of nitrogens with zero attached hydrogens (tertiary/aromatic N) is 1. The molecule has 0 spiro atoms. The fourth-order valence-corrected chi connectivity index (χ4v) is 5.52. The number of phenols is 1. The van der Waals surface area contributed by atoms with E-state index in [0.717, 1.165) is 40.9 Å². The summed E-state index contributed by atoms with van der Waals surface area (Å²) < 4.78 is 27.0. The highest BCUT2D eigenvalue weighted by molar-refractivity contribution is 8.26. The van der Waals surface area contributed by atoms with E-state index in [-0.39, 0.29) is 34.4 Å². The molecule has 2 amide bonds. The van der Waals surface area contributed by atoms with Crippen molar-refractivity contribution in [3.8, 4) is 16.9 Å². The third kappa shape index (κ3) is 5.61. The zero-order valence-electron chi connectivity index (χ0n) is 18.2. The van der Waals surface area contributed by atoms with Crippen molar-refractivity contribution in [1.29, 1.82) is 0 Å². The fourth-order valence-electron chi connectivity index (χ4n) is 3.30. The van der Waals surface area contributed by atoms with E-state index in [1.54, 1.807) is 17.5 Å². The molecule has 1 aromatic heterocycles. The van der Waals surface area contributed by atoms with Crippen LogP contribution in [-0.4, -0.2) is 43.8 Å². The molecule has 0 saturated carbocycles. The first kappa shape index (κ1) is 25.5. The Kier molecular flexibility index (Phi) is 7.48. The number of amides is 2. The van der Waals surface area contributed by atoms with Gasteiger partial charge in [-0.15, -0.1) is 11.3 Å². The molecule has 1 saturated heterocycles. The number of carbonyl (C=O) groups is 3. The maximum Gasteiger partial charge on any atom is 0.339 e. The largest absolute Gasteiger partial charge is 0.507 e. The van der Waals surface area contributed by atoms with Crippen molar-refractivity contribution in [3.05, 3.63) is 74.8 Å². The number of carboxylic acid groups (broad SMARTS) is 1. The molecular formula is C24H16F2N2O5S3. The molecule has 0 bridgehead atoms. The third-order valence-electron chi connectivity index (χ3n) is 5.09. The van der Waals surface area contributed by atoms with Gasteiger partial charge in [0.05, 0.1) is 4.91 Å². The van der Waals surface area contributed by atoms with Crippen LogP contribution in [0.2, 0.25) is 0 Å². The average Bonchev–Trinajstić information content (AvgIpc) is 3.40. The molecule has 3 N–H and O–H groups in total. The van der Waals surface area contributed by atoms with Gasteiger partial charge in [-0.05, 0) is 59.0 Å². The van der Waals surface area contributed by atoms with Crippen LogP contribution in [0.25, 0.3) is 17.2 Å². The van der Waals surface area contributed by atoms with Crippen molar-refractivity contribution in [2.24, 2.45) is 0 Å². The monoisotopic (exact) mass is 546 g/mol. The normalized spacial score (nSPS) is 14.5. The highest BCUT2D eigenvalue weighted by Crippen LogP contribution is 2.35.